The normalized spacial score (nSPS) is 10.6. The van der Waals surface area contributed by atoms with Crippen molar-refractivity contribution in [3.05, 3.63) is 41.7 Å². The molecule has 8 heteroatoms. The van der Waals surface area contributed by atoms with Gasteiger partial charge < -0.3 is 20.5 Å². The molecule has 144 valence electrons. The molecule has 2 aromatic rings. The topological polar surface area (TPSA) is 88.4 Å². The summed E-state index contributed by atoms with van der Waals surface area (Å²) in [5.41, 5.74) is 2.03. The van der Waals surface area contributed by atoms with E-state index >= 15 is 0 Å². The molecule has 2 rings (SSSR count). The summed E-state index contributed by atoms with van der Waals surface area (Å²) in [5, 5.41) is 20.1. The van der Waals surface area contributed by atoms with E-state index in [0.29, 0.717) is 25.6 Å². The Morgan fingerprint density at radius 1 is 1.23 bits per heavy atom. The SMILES string of the molecule is COCCNCCNC(=O)c1nn(-c2ccc(C(C)C)cc2)cc1O.Cl. The Labute approximate surface area is 160 Å². The number of nitrogens with one attached hydrogen (secondary N) is 2. The van der Waals surface area contributed by atoms with Crippen molar-refractivity contribution in [1.82, 2.24) is 20.4 Å². The lowest BCUT2D eigenvalue weighted by Gasteiger charge is -2.07. The predicted octanol–water partition coefficient (Wildman–Crippen LogP) is 2.09. The van der Waals surface area contributed by atoms with Crippen molar-refractivity contribution in [2.45, 2.75) is 19.8 Å². The second-order valence-corrected chi connectivity index (χ2v) is 6.05. The zero-order chi connectivity index (χ0) is 18.2. The Kier molecular flexibility index (Phi) is 9.12. The first kappa shape index (κ1) is 22.0. The molecular weight excluding hydrogens is 356 g/mol. The van der Waals surface area contributed by atoms with Crippen LogP contribution in [0.4, 0.5) is 0 Å². The Morgan fingerprint density at radius 2 is 1.92 bits per heavy atom. The number of carbonyl (C=O) groups is 1. The van der Waals surface area contributed by atoms with Crippen LogP contribution in [0, 0.1) is 0 Å². The van der Waals surface area contributed by atoms with Crippen LogP contribution in [-0.2, 0) is 4.74 Å². The number of aromatic nitrogens is 2. The molecule has 3 N–H and O–H groups in total. The monoisotopic (exact) mass is 382 g/mol. The maximum atomic E-state index is 12.1. The summed E-state index contributed by atoms with van der Waals surface area (Å²) in [4.78, 5) is 12.1. The number of hydrogen-bond acceptors (Lipinski definition) is 5. The van der Waals surface area contributed by atoms with Gasteiger partial charge in [-0.25, -0.2) is 4.68 Å². The maximum Gasteiger partial charge on any atom is 0.275 e. The van der Waals surface area contributed by atoms with E-state index in [9.17, 15) is 9.90 Å². The molecule has 0 fully saturated rings. The second-order valence-electron chi connectivity index (χ2n) is 6.05. The van der Waals surface area contributed by atoms with Crippen LogP contribution >= 0.6 is 12.4 Å². The summed E-state index contributed by atoms with van der Waals surface area (Å²) in [6, 6.07) is 7.88. The highest BCUT2D eigenvalue weighted by Gasteiger charge is 2.16. The van der Waals surface area contributed by atoms with Crippen molar-refractivity contribution >= 4 is 18.3 Å². The average Bonchev–Trinajstić information content (AvgIpc) is 3.00. The van der Waals surface area contributed by atoms with Crippen LogP contribution in [0.3, 0.4) is 0 Å². The van der Waals surface area contributed by atoms with E-state index in [4.69, 9.17) is 4.74 Å². The first-order chi connectivity index (χ1) is 12.0. The van der Waals surface area contributed by atoms with E-state index in [0.717, 1.165) is 12.2 Å². The van der Waals surface area contributed by atoms with Crippen LogP contribution in [-0.4, -0.2) is 54.1 Å². The molecule has 0 saturated heterocycles. The number of hydrogen-bond donors (Lipinski definition) is 3. The Bertz CT molecular complexity index is 686. The van der Waals surface area contributed by atoms with E-state index in [-0.39, 0.29) is 23.9 Å². The highest BCUT2D eigenvalue weighted by Crippen LogP contribution is 2.20. The Balaban J connectivity index is 0.00000338. The van der Waals surface area contributed by atoms with E-state index in [1.807, 2.05) is 24.3 Å². The summed E-state index contributed by atoms with van der Waals surface area (Å²) < 4.78 is 6.43. The number of nitrogens with zero attached hydrogens (tertiary/aromatic N) is 2. The number of ether oxygens (including phenoxy) is 1. The molecule has 26 heavy (non-hydrogen) atoms. The van der Waals surface area contributed by atoms with Crippen molar-refractivity contribution in [3.8, 4) is 11.4 Å². The number of amides is 1. The van der Waals surface area contributed by atoms with Crippen LogP contribution in [0.1, 0.15) is 35.8 Å². The molecular formula is C18H27ClN4O3. The second kappa shape index (κ2) is 10.8. The largest absolute Gasteiger partial charge is 0.504 e. The van der Waals surface area contributed by atoms with Gasteiger partial charge in [-0.2, -0.15) is 5.10 Å². The third-order valence-electron chi connectivity index (χ3n) is 3.80. The molecule has 7 nitrogen and oxygen atoms in total. The fourth-order valence-electron chi connectivity index (χ4n) is 2.32. The number of methoxy groups -OCH3 is 1. The van der Waals surface area contributed by atoms with Crippen molar-refractivity contribution in [3.63, 3.8) is 0 Å². The molecule has 1 amide bonds. The first-order valence-corrected chi connectivity index (χ1v) is 8.39. The van der Waals surface area contributed by atoms with E-state index in [2.05, 4.69) is 29.6 Å². The lowest BCUT2D eigenvalue weighted by Crippen LogP contribution is -2.33. The van der Waals surface area contributed by atoms with Gasteiger partial charge >= 0.3 is 0 Å². The van der Waals surface area contributed by atoms with Gasteiger partial charge in [0.25, 0.3) is 5.91 Å². The zero-order valence-corrected chi connectivity index (χ0v) is 16.2. The van der Waals surface area contributed by atoms with Gasteiger partial charge in [-0.1, -0.05) is 26.0 Å². The van der Waals surface area contributed by atoms with Crippen LogP contribution in [0.25, 0.3) is 5.69 Å². The van der Waals surface area contributed by atoms with Crippen molar-refractivity contribution < 1.29 is 14.6 Å². The van der Waals surface area contributed by atoms with E-state index < -0.39 is 5.91 Å². The predicted molar refractivity (Wildman–Crippen MR) is 104 cm³/mol. The smallest absolute Gasteiger partial charge is 0.275 e. The summed E-state index contributed by atoms with van der Waals surface area (Å²) in [7, 11) is 1.64. The molecule has 1 heterocycles. The molecule has 0 radical (unpaired) electrons. The summed E-state index contributed by atoms with van der Waals surface area (Å²) in [6.45, 7) is 6.65. The van der Waals surface area contributed by atoms with Crippen LogP contribution in [0.15, 0.2) is 30.5 Å². The van der Waals surface area contributed by atoms with Gasteiger partial charge in [-0.05, 0) is 23.6 Å². The molecule has 0 unspecified atom stereocenters. The van der Waals surface area contributed by atoms with Crippen molar-refractivity contribution in [2.24, 2.45) is 0 Å². The minimum atomic E-state index is -0.399. The van der Waals surface area contributed by atoms with Gasteiger partial charge in [-0.3, -0.25) is 4.79 Å². The lowest BCUT2D eigenvalue weighted by molar-refractivity contribution is 0.0945. The third-order valence-corrected chi connectivity index (χ3v) is 3.80. The van der Waals surface area contributed by atoms with E-state index in [1.54, 1.807) is 7.11 Å². The number of benzene rings is 1. The van der Waals surface area contributed by atoms with Gasteiger partial charge in [0, 0.05) is 26.7 Å². The minimum absolute atomic E-state index is 0. The number of carbonyl (C=O) groups excluding carboxylic acids is 1. The quantitative estimate of drug-likeness (QED) is 0.578. The standard InChI is InChI=1S/C18H26N4O3.ClH/c1-13(2)14-4-6-15(7-5-14)22-12-16(23)17(21-22)18(24)20-9-8-19-10-11-25-3;/h4-7,12-13,19,23H,8-11H2,1-3H3,(H,20,24);1H. The van der Waals surface area contributed by atoms with Gasteiger partial charge in [0.15, 0.2) is 11.4 Å². The van der Waals surface area contributed by atoms with Gasteiger partial charge in [-0.15, -0.1) is 12.4 Å². The number of aromatic hydroxyl groups is 1. The van der Waals surface area contributed by atoms with Gasteiger partial charge in [0.1, 0.15) is 0 Å². The molecule has 0 aliphatic rings. The van der Waals surface area contributed by atoms with Crippen LogP contribution < -0.4 is 10.6 Å². The molecule has 0 saturated carbocycles. The molecule has 0 bridgehead atoms. The Hall–Kier alpha value is -2.09. The molecule has 1 aromatic heterocycles. The highest BCUT2D eigenvalue weighted by molar-refractivity contribution is 5.94. The van der Waals surface area contributed by atoms with Crippen LogP contribution in [0.5, 0.6) is 5.75 Å². The van der Waals surface area contributed by atoms with E-state index in [1.165, 1.54) is 16.4 Å². The van der Waals surface area contributed by atoms with Crippen LogP contribution in [0.2, 0.25) is 0 Å². The van der Waals surface area contributed by atoms with Crippen molar-refractivity contribution in [1.29, 1.82) is 0 Å². The fraction of sp³-hybridized carbons (Fsp3) is 0.444. The average molecular weight is 383 g/mol. The third kappa shape index (κ3) is 6.01. The van der Waals surface area contributed by atoms with Gasteiger partial charge in [0.2, 0.25) is 0 Å². The number of halogens is 1. The maximum absolute atomic E-state index is 12.1. The highest BCUT2D eigenvalue weighted by atomic mass is 35.5. The summed E-state index contributed by atoms with van der Waals surface area (Å²) >= 11 is 0. The number of rotatable bonds is 9. The van der Waals surface area contributed by atoms with Crippen molar-refractivity contribution in [2.75, 3.05) is 33.4 Å². The molecule has 0 aliphatic heterocycles. The molecule has 0 aliphatic carbocycles. The summed E-state index contributed by atoms with van der Waals surface area (Å²) in [6.07, 6.45) is 1.44. The first-order valence-electron chi connectivity index (χ1n) is 8.39. The lowest BCUT2D eigenvalue weighted by atomic mass is 10.0. The molecule has 1 aromatic carbocycles. The van der Waals surface area contributed by atoms with Gasteiger partial charge in [0.05, 0.1) is 18.5 Å². The molecule has 0 atom stereocenters. The Morgan fingerprint density at radius 3 is 2.54 bits per heavy atom. The minimum Gasteiger partial charge on any atom is -0.504 e. The summed E-state index contributed by atoms with van der Waals surface area (Å²) in [5.74, 6) is -0.0970. The fourth-order valence-corrected chi connectivity index (χ4v) is 2.32. The molecule has 0 spiro atoms. The zero-order valence-electron chi connectivity index (χ0n) is 15.4.